The van der Waals surface area contributed by atoms with Gasteiger partial charge < -0.3 is 15.7 Å². The first-order valence-electron chi connectivity index (χ1n) is 7.37. The van der Waals surface area contributed by atoms with Gasteiger partial charge in [0.05, 0.1) is 12.1 Å². The zero-order valence-electron chi connectivity index (χ0n) is 11.2. The molecule has 1 aliphatic carbocycles. The van der Waals surface area contributed by atoms with Crippen molar-refractivity contribution >= 4 is 5.91 Å². The highest BCUT2D eigenvalue weighted by Crippen LogP contribution is 2.28. The smallest absolute Gasteiger partial charge is 0.220 e. The SMILES string of the molecule is O=C(CC1CCNCC1)NC1(CO)CCCCC1. The van der Waals surface area contributed by atoms with Crippen LogP contribution in [-0.4, -0.2) is 36.2 Å². The molecule has 1 amide bonds. The fourth-order valence-corrected chi connectivity index (χ4v) is 3.25. The summed E-state index contributed by atoms with van der Waals surface area (Å²) in [7, 11) is 0. The number of carbonyl (C=O) groups excluding carboxylic acids is 1. The lowest BCUT2D eigenvalue weighted by Gasteiger charge is -2.37. The van der Waals surface area contributed by atoms with E-state index in [1.165, 1.54) is 6.42 Å². The van der Waals surface area contributed by atoms with Gasteiger partial charge in [0.25, 0.3) is 0 Å². The molecule has 1 saturated carbocycles. The lowest BCUT2D eigenvalue weighted by Crippen LogP contribution is -2.53. The lowest BCUT2D eigenvalue weighted by molar-refractivity contribution is -0.125. The maximum atomic E-state index is 12.1. The Hall–Kier alpha value is -0.610. The van der Waals surface area contributed by atoms with E-state index in [1.54, 1.807) is 0 Å². The van der Waals surface area contributed by atoms with E-state index in [1.807, 2.05) is 0 Å². The van der Waals surface area contributed by atoms with Gasteiger partial charge in [0.15, 0.2) is 0 Å². The predicted molar refractivity (Wildman–Crippen MR) is 71.3 cm³/mol. The molecule has 1 saturated heterocycles. The van der Waals surface area contributed by atoms with Gasteiger partial charge in [-0.2, -0.15) is 0 Å². The van der Waals surface area contributed by atoms with Crippen molar-refractivity contribution < 1.29 is 9.90 Å². The van der Waals surface area contributed by atoms with E-state index in [2.05, 4.69) is 10.6 Å². The van der Waals surface area contributed by atoms with Gasteiger partial charge in [-0.1, -0.05) is 19.3 Å². The molecule has 0 spiro atoms. The Labute approximate surface area is 110 Å². The van der Waals surface area contributed by atoms with Crippen molar-refractivity contribution in [1.29, 1.82) is 0 Å². The van der Waals surface area contributed by atoms with E-state index >= 15 is 0 Å². The van der Waals surface area contributed by atoms with Gasteiger partial charge in [0.2, 0.25) is 5.91 Å². The van der Waals surface area contributed by atoms with Crippen LogP contribution in [0.25, 0.3) is 0 Å². The monoisotopic (exact) mass is 254 g/mol. The minimum Gasteiger partial charge on any atom is -0.394 e. The molecule has 0 radical (unpaired) electrons. The van der Waals surface area contributed by atoms with Crippen molar-refractivity contribution in [2.24, 2.45) is 5.92 Å². The van der Waals surface area contributed by atoms with E-state index < -0.39 is 0 Å². The second kappa shape index (κ2) is 6.53. The highest BCUT2D eigenvalue weighted by atomic mass is 16.3. The van der Waals surface area contributed by atoms with Gasteiger partial charge in [-0.25, -0.2) is 0 Å². The lowest BCUT2D eigenvalue weighted by atomic mass is 9.82. The molecule has 0 aromatic heterocycles. The van der Waals surface area contributed by atoms with Crippen LogP contribution in [0.2, 0.25) is 0 Å². The standard InChI is InChI=1S/C14H26N2O2/c17-11-14(6-2-1-3-7-14)16-13(18)10-12-4-8-15-9-5-12/h12,15,17H,1-11H2,(H,16,18). The Morgan fingerprint density at radius 2 is 1.89 bits per heavy atom. The Kier molecular flexibility index (Phi) is 5.01. The molecular formula is C14H26N2O2. The van der Waals surface area contributed by atoms with Crippen molar-refractivity contribution in [3.63, 3.8) is 0 Å². The Bertz CT molecular complexity index is 269. The minimum atomic E-state index is -0.317. The highest BCUT2D eigenvalue weighted by Gasteiger charge is 2.33. The highest BCUT2D eigenvalue weighted by molar-refractivity contribution is 5.77. The summed E-state index contributed by atoms with van der Waals surface area (Å²) in [5.74, 6) is 0.656. The predicted octanol–water partition coefficient (Wildman–Crippen LogP) is 1.19. The van der Waals surface area contributed by atoms with E-state index in [0.717, 1.165) is 51.6 Å². The van der Waals surface area contributed by atoms with Crippen LogP contribution in [-0.2, 0) is 4.79 Å². The van der Waals surface area contributed by atoms with Crippen LogP contribution in [0.1, 0.15) is 51.4 Å². The summed E-state index contributed by atoms with van der Waals surface area (Å²) in [5.41, 5.74) is -0.317. The molecule has 1 heterocycles. The number of carbonyl (C=O) groups is 1. The second-order valence-electron chi connectivity index (χ2n) is 5.94. The quantitative estimate of drug-likeness (QED) is 0.706. The fourth-order valence-electron chi connectivity index (χ4n) is 3.25. The number of aliphatic hydroxyl groups is 1. The summed E-state index contributed by atoms with van der Waals surface area (Å²) >= 11 is 0. The van der Waals surface area contributed by atoms with Gasteiger partial charge >= 0.3 is 0 Å². The number of rotatable bonds is 4. The van der Waals surface area contributed by atoms with Crippen LogP contribution in [0.15, 0.2) is 0 Å². The van der Waals surface area contributed by atoms with E-state index in [9.17, 15) is 9.90 Å². The van der Waals surface area contributed by atoms with Gasteiger partial charge in [-0.15, -0.1) is 0 Å². The molecule has 0 unspecified atom stereocenters. The molecule has 18 heavy (non-hydrogen) atoms. The van der Waals surface area contributed by atoms with E-state index in [0.29, 0.717) is 12.3 Å². The average molecular weight is 254 g/mol. The molecular weight excluding hydrogens is 228 g/mol. The molecule has 4 heteroatoms. The molecule has 1 aliphatic heterocycles. The maximum absolute atomic E-state index is 12.1. The molecule has 0 aromatic rings. The summed E-state index contributed by atoms with van der Waals surface area (Å²) in [4.78, 5) is 12.1. The van der Waals surface area contributed by atoms with Crippen LogP contribution in [0.3, 0.4) is 0 Å². The average Bonchev–Trinajstić information content (AvgIpc) is 2.41. The normalized spacial score (nSPS) is 24.7. The summed E-state index contributed by atoms with van der Waals surface area (Å²) in [6.07, 6.45) is 8.15. The van der Waals surface area contributed by atoms with Crippen molar-refractivity contribution in [1.82, 2.24) is 10.6 Å². The van der Waals surface area contributed by atoms with E-state index in [-0.39, 0.29) is 18.1 Å². The van der Waals surface area contributed by atoms with Crippen molar-refractivity contribution in [3.05, 3.63) is 0 Å². The molecule has 104 valence electrons. The molecule has 0 aromatic carbocycles. The molecule has 0 bridgehead atoms. The van der Waals surface area contributed by atoms with Crippen molar-refractivity contribution in [2.75, 3.05) is 19.7 Å². The maximum Gasteiger partial charge on any atom is 0.220 e. The van der Waals surface area contributed by atoms with Gasteiger partial charge in [0.1, 0.15) is 0 Å². The third-order valence-electron chi connectivity index (χ3n) is 4.45. The van der Waals surface area contributed by atoms with Crippen LogP contribution in [0, 0.1) is 5.92 Å². The number of piperidine rings is 1. The largest absolute Gasteiger partial charge is 0.394 e. The first kappa shape index (κ1) is 13.8. The number of nitrogens with one attached hydrogen (secondary N) is 2. The summed E-state index contributed by atoms with van der Waals surface area (Å²) < 4.78 is 0. The molecule has 2 aliphatic rings. The van der Waals surface area contributed by atoms with Crippen LogP contribution in [0.4, 0.5) is 0 Å². The fraction of sp³-hybridized carbons (Fsp3) is 0.929. The molecule has 0 atom stereocenters. The minimum absolute atomic E-state index is 0.0883. The van der Waals surface area contributed by atoms with E-state index in [4.69, 9.17) is 0 Å². The number of hydrogen-bond acceptors (Lipinski definition) is 3. The summed E-state index contributed by atoms with van der Waals surface area (Å²) in [6, 6.07) is 0. The Balaban J connectivity index is 1.81. The molecule has 2 fully saturated rings. The number of hydrogen-bond donors (Lipinski definition) is 3. The Morgan fingerprint density at radius 1 is 1.22 bits per heavy atom. The molecule has 4 nitrogen and oxygen atoms in total. The Morgan fingerprint density at radius 3 is 2.50 bits per heavy atom. The van der Waals surface area contributed by atoms with Crippen molar-refractivity contribution in [2.45, 2.75) is 56.9 Å². The van der Waals surface area contributed by atoms with Crippen molar-refractivity contribution in [3.8, 4) is 0 Å². The topological polar surface area (TPSA) is 61.4 Å². The molecule has 2 rings (SSSR count). The third kappa shape index (κ3) is 3.69. The zero-order valence-corrected chi connectivity index (χ0v) is 11.2. The van der Waals surface area contributed by atoms with Crippen LogP contribution in [0.5, 0.6) is 0 Å². The third-order valence-corrected chi connectivity index (χ3v) is 4.45. The number of aliphatic hydroxyl groups excluding tert-OH is 1. The van der Waals surface area contributed by atoms with Gasteiger partial charge in [0, 0.05) is 6.42 Å². The van der Waals surface area contributed by atoms with Crippen LogP contribution >= 0.6 is 0 Å². The first-order valence-corrected chi connectivity index (χ1v) is 7.37. The number of amides is 1. The van der Waals surface area contributed by atoms with Gasteiger partial charge in [-0.3, -0.25) is 4.79 Å². The molecule has 3 N–H and O–H groups in total. The van der Waals surface area contributed by atoms with Gasteiger partial charge in [-0.05, 0) is 44.7 Å². The zero-order chi connectivity index (χ0) is 12.8. The summed E-state index contributed by atoms with van der Waals surface area (Å²) in [5, 5.41) is 16.0. The second-order valence-corrected chi connectivity index (χ2v) is 5.94. The summed E-state index contributed by atoms with van der Waals surface area (Å²) in [6.45, 7) is 2.15. The van der Waals surface area contributed by atoms with Crippen LogP contribution < -0.4 is 10.6 Å². The first-order chi connectivity index (χ1) is 8.74.